The number of aliphatic carboxylic acids is 2. The summed E-state index contributed by atoms with van der Waals surface area (Å²) in [6, 6.07) is 7.48. The number of aromatic amines is 1. The Bertz CT molecular complexity index is 1420. The van der Waals surface area contributed by atoms with Crippen LogP contribution in [0.1, 0.15) is 24.0 Å². The fraction of sp³-hybridized carbons (Fsp3) is 0.321. The number of para-hydroxylation sites is 1. The number of hydrogen-bond acceptors (Lipinski definition) is 8. The van der Waals surface area contributed by atoms with Gasteiger partial charge in [-0.1, -0.05) is 30.3 Å². The van der Waals surface area contributed by atoms with Gasteiger partial charge in [0.25, 0.3) is 0 Å². The molecule has 0 saturated carbocycles. The van der Waals surface area contributed by atoms with Gasteiger partial charge < -0.3 is 47.1 Å². The number of aromatic nitrogens is 1. The molecule has 14 nitrogen and oxygen atoms in total. The van der Waals surface area contributed by atoms with Crippen molar-refractivity contribution in [2.75, 3.05) is 6.61 Å². The first-order valence-electron chi connectivity index (χ1n) is 13.0. The van der Waals surface area contributed by atoms with Crippen molar-refractivity contribution in [3.8, 4) is 5.75 Å². The molecule has 0 radical (unpaired) electrons. The van der Waals surface area contributed by atoms with Crippen LogP contribution in [0.2, 0.25) is 0 Å². The van der Waals surface area contributed by atoms with E-state index < -0.39 is 66.9 Å². The number of aromatic hydroxyl groups is 1. The largest absolute Gasteiger partial charge is 0.508 e. The standard InChI is InChI=1S/C28H33N5O9/c29-19(12-16-13-30-20-4-2-1-3-18(16)20)25(38)31-21(9-10-24(36)37)26(39)33-23(14-34)27(40)32-22(28(41)42)11-15-5-7-17(35)8-6-15/h1-8,13,19,21-23,30,34-35H,9-12,14,29H2,(H,31,38)(H,32,40)(H,33,39)(H,36,37)(H,41,42). The number of benzene rings is 2. The fourth-order valence-corrected chi connectivity index (χ4v) is 4.25. The van der Waals surface area contributed by atoms with Gasteiger partial charge in [-0.05, 0) is 42.2 Å². The van der Waals surface area contributed by atoms with Gasteiger partial charge in [-0.25, -0.2) is 4.79 Å². The van der Waals surface area contributed by atoms with Crippen molar-refractivity contribution >= 4 is 40.6 Å². The summed E-state index contributed by atoms with van der Waals surface area (Å²) in [6.07, 6.45) is 0.829. The second-order valence-electron chi connectivity index (χ2n) is 9.68. The van der Waals surface area contributed by atoms with Gasteiger partial charge in [0.05, 0.1) is 12.6 Å². The van der Waals surface area contributed by atoms with Crippen LogP contribution in [-0.2, 0) is 36.8 Å². The van der Waals surface area contributed by atoms with Crippen LogP contribution in [0, 0.1) is 0 Å². The Balaban J connectivity index is 1.65. The fourth-order valence-electron chi connectivity index (χ4n) is 4.25. The highest BCUT2D eigenvalue weighted by Gasteiger charge is 2.30. The Morgan fingerprint density at radius 1 is 0.810 bits per heavy atom. The Morgan fingerprint density at radius 2 is 1.43 bits per heavy atom. The summed E-state index contributed by atoms with van der Waals surface area (Å²) in [5.41, 5.74) is 8.19. The van der Waals surface area contributed by atoms with Crippen molar-refractivity contribution in [3.05, 3.63) is 65.9 Å². The van der Waals surface area contributed by atoms with Crippen molar-refractivity contribution in [3.63, 3.8) is 0 Å². The van der Waals surface area contributed by atoms with Crippen molar-refractivity contribution in [2.45, 2.75) is 49.9 Å². The average molecular weight is 584 g/mol. The number of carbonyl (C=O) groups is 5. The summed E-state index contributed by atoms with van der Waals surface area (Å²) in [6.45, 7) is -0.914. The molecule has 4 unspecified atom stereocenters. The maximum absolute atomic E-state index is 13.0. The van der Waals surface area contributed by atoms with Gasteiger partial charge >= 0.3 is 11.9 Å². The Hall–Kier alpha value is -4.95. The summed E-state index contributed by atoms with van der Waals surface area (Å²) in [5.74, 6) is -5.37. The first kappa shape index (κ1) is 31.6. The first-order valence-corrected chi connectivity index (χ1v) is 13.0. The zero-order chi connectivity index (χ0) is 30.8. The smallest absolute Gasteiger partial charge is 0.326 e. The van der Waals surface area contributed by atoms with E-state index in [1.54, 1.807) is 6.20 Å². The molecule has 3 rings (SSSR count). The lowest BCUT2D eigenvalue weighted by Crippen LogP contribution is -2.58. The van der Waals surface area contributed by atoms with E-state index in [2.05, 4.69) is 20.9 Å². The Labute approximate surface area is 239 Å². The monoisotopic (exact) mass is 583 g/mol. The number of fused-ring (bicyclic) bond motifs is 1. The first-order chi connectivity index (χ1) is 20.0. The third-order valence-electron chi connectivity index (χ3n) is 6.54. The molecule has 0 fully saturated rings. The van der Waals surface area contributed by atoms with Crippen LogP contribution in [0.5, 0.6) is 5.75 Å². The highest BCUT2D eigenvalue weighted by Crippen LogP contribution is 2.19. The highest BCUT2D eigenvalue weighted by molar-refractivity contribution is 5.94. The molecule has 14 heteroatoms. The molecule has 2 aromatic carbocycles. The van der Waals surface area contributed by atoms with E-state index in [4.69, 9.17) is 10.8 Å². The zero-order valence-corrected chi connectivity index (χ0v) is 22.4. The molecular weight excluding hydrogens is 550 g/mol. The van der Waals surface area contributed by atoms with E-state index in [9.17, 15) is 39.3 Å². The molecule has 0 aliphatic heterocycles. The van der Waals surface area contributed by atoms with Gasteiger partial charge in [-0.3, -0.25) is 19.2 Å². The molecular formula is C28H33N5O9. The minimum absolute atomic E-state index is 0.0267. The molecule has 3 amide bonds. The van der Waals surface area contributed by atoms with Gasteiger partial charge in [0.1, 0.15) is 23.9 Å². The van der Waals surface area contributed by atoms with Crippen LogP contribution in [0.15, 0.2) is 54.7 Å². The van der Waals surface area contributed by atoms with Crippen LogP contribution in [0.25, 0.3) is 10.9 Å². The normalized spacial score (nSPS) is 13.9. The molecule has 10 N–H and O–H groups in total. The molecule has 0 saturated heterocycles. The molecule has 224 valence electrons. The van der Waals surface area contributed by atoms with E-state index in [-0.39, 0.29) is 25.0 Å². The predicted molar refractivity (Wildman–Crippen MR) is 149 cm³/mol. The molecule has 0 aliphatic carbocycles. The maximum atomic E-state index is 13.0. The van der Waals surface area contributed by atoms with Gasteiger partial charge in [-0.2, -0.15) is 0 Å². The molecule has 4 atom stereocenters. The molecule has 0 spiro atoms. The van der Waals surface area contributed by atoms with Gasteiger partial charge in [-0.15, -0.1) is 0 Å². The van der Waals surface area contributed by atoms with E-state index in [0.717, 1.165) is 16.5 Å². The van der Waals surface area contributed by atoms with Gasteiger partial charge in [0, 0.05) is 29.9 Å². The van der Waals surface area contributed by atoms with E-state index >= 15 is 0 Å². The number of amides is 3. The minimum Gasteiger partial charge on any atom is -0.508 e. The summed E-state index contributed by atoms with van der Waals surface area (Å²) >= 11 is 0. The van der Waals surface area contributed by atoms with E-state index in [0.29, 0.717) is 5.56 Å². The van der Waals surface area contributed by atoms with Crippen LogP contribution < -0.4 is 21.7 Å². The number of phenols is 1. The summed E-state index contributed by atoms with van der Waals surface area (Å²) in [4.78, 5) is 64.7. The van der Waals surface area contributed by atoms with Gasteiger partial charge in [0.15, 0.2) is 0 Å². The van der Waals surface area contributed by atoms with Crippen molar-refractivity contribution < 1.29 is 44.4 Å². The molecule has 0 aliphatic rings. The number of hydrogen-bond donors (Lipinski definition) is 9. The predicted octanol–water partition coefficient (Wildman–Crippen LogP) is -0.618. The van der Waals surface area contributed by atoms with Crippen LogP contribution >= 0.6 is 0 Å². The second-order valence-corrected chi connectivity index (χ2v) is 9.68. The SMILES string of the molecule is NC(Cc1c[nH]c2ccccc12)C(=O)NC(CCC(=O)O)C(=O)NC(CO)C(=O)NC(Cc1ccc(O)cc1)C(=O)O. The Kier molecular flexibility index (Phi) is 11.0. The number of rotatable bonds is 15. The number of carbonyl (C=O) groups excluding carboxylic acids is 3. The topological polar surface area (TPSA) is 244 Å². The lowest BCUT2D eigenvalue weighted by Gasteiger charge is -2.24. The quantitative estimate of drug-likeness (QED) is 0.110. The van der Waals surface area contributed by atoms with Gasteiger partial charge in [0.2, 0.25) is 17.7 Å². The summed E-state index contributed by atoms with van der Waals surface area (Å²) in [7, 11) is 0. The highest BCUT2D eigenvalue weighted by atomic mass is 16.4. The minimum atomic E-state index is -1.61. The lowest BCUT2D eigenvalue weighted by atomic mass is 10.0. The molecule has 1 aromatic heterocycles. The van der Waals surface area contributed by atoms with Crippen LogP contribution in [-0.4, -0.2) is 85.8 Å². The maximum Gasteiger partial charge on any atom is 0.326 e. The Morgan fingerprint density at radius 3 is 2.07 bits per heavy atom. The number of carboxylic acids is 2. The van der Waals surface area contributed by atoms with Crippen molar-refractivity contribution in [1.82, 2.24) is 20.9 Å². The average Bonchev–Trinajstić information content (AvgIpc) is 3.36. The van der Waals surface area contributed by atoms with Crippen molar-refractivity contribution in [1.29, 1.82) is 0 Å². The molecule has 1 heterocycles. The summed E-state index contributed by atoms with van der Waals surface area (Å²) in [5, 5.41) is 45.6. The van der Waals surface area contributed by atoms with E-state index in [1.807, 2.05) is 24.3 Å². The number of phenolic OH excluding ortho intramolecular Hbond substituents is 1. The number of H-pyrrole nitrogens is 1. The number of nitrogens with one attached hydrogen (secondary N) is 4. The van der Waals surface area contributed by atoms with E-state index in [1.165, 1.54) is 24.3 Å². The summed E-state index contributed by atoms with van der Waals surface area (Å²) < 4.78 is 0. The van der Waals surface area contributed by atoms with Crippen molar-refractivity contribution in [2.24, 2.45) is 5.73 Å². The third-order valence-corrected chi connectivity index (χ3v) is 6.54. The number of carboxylic acid groups (broad SMARTS) is 2. The molecule has 42 heavy (non-hydrogen) atoms. The zero-order valence-electron chi connectivity index (χ0n) is 22.4. The van der Waals surface area contributed by atoms with Crippen LogP contribution in [0.3, 0.4) is 0 Å². The molecule has 3 aromatic rings. The second kappa shape index (κ2) is 14.6. The number of nitrogens with two attached hydrogens (primary N) is 1. The number of aliphatic hydroxyl groups is 1. The van der Waals surface area contributed by atoms with Crippen LogP contribution in [0.4, 0.5) is 0 Å². The molecule has 0 bridgehead atoms. The lowest BCUT2D eigenvalue weighted by molar-refractivity contribution is -0.142. The number of aliphatic hydroxyl groups excluding tert-OH is 1. The third kappa shape index (κ3) is 8.78.